The Morgan fingerprint density at radius 3 is 1.48 bits per heavy atom. The summed E-state index contributed by atoms with van der Waals surface area (Å²) in [6, 6.07) is 9.38. The SMILES string of the molecule is CCS(=O)(=O)Nc1cccc(Cc2c[nH]cn2)c1OC(=O)/C=C\C(=O)Oc1c(Cc2c[nH]cn2)cccc1NS(=O)(=O)CC. The largest absolute Gasteiger partial charge is 0.421 e. The first kappa shape index (κ1) is 32.0. The quantitative estimate of drug-likeness (QED) is 0.0900. The van der Waals surface area contributed by atoms with E-state index in [0.717, 1.165) is 12.2 Å². The van der Waals surface area contributed by atoms with Gasteiger partial charge in [-0.3, -0.25) is 9.44 Å². The average Bonchev–Trinajstić information content (AvgIpc) is 3.70. The number of carbonyl (C=O) groups excluding carboxylic acids is 2. The minimum atomic E-state index is -3.72. The summed E-state index contributed by atoms with van der Waals surface area (Å²) >= 11 is 0. The minimum absolute atomic E-state index is 0.0318. The van der Waals surface area contributed by atoms with Gasteiger partial charge in [-0.2, -0.15) is 0 Å². The third-order valence-corrected chi connectivity index (χ3v) is 8.68. The number of carbonyl (C=O) groups is 2. The minimum Gasteiger partial charge on any atom is -0.421 e. The number of hydrogen-bond acceptors (Lipinski definition) is 10. The van der Waals surface area contributed by atoms with Gasteiger partial charge in [-0.1, -0.05) is 24.3 Å². The number of nitrogens with zero attached hydrogens (tertiary/aromatic N) is 2. The summed E-state index contributed by atoms with van der Waals surface area (Å²) in [6.45, 7) is 2.92. The van der Waals surface area contributed by atoms with Crippen LogP contribution in [0.5, 0.6) is 11.5 Å². The molecule has 16 heteroatoms. The van der Waals surface area contributed by atoms with Gasteiger partial charge in [0.15, 0.2) is 11.5 Å². The molecule has 0 atom stereocenters. The fourth-order valence-electron chi connectivity index (χ4n) is 3.90. The smallest absolute Gasteiger partial charge is 0.336 e. The summed E-state index contributed by atoms with van der Waals surface area (Å²) < 4.78 is 65.0. The number of imidazole rings is 2. The first-order valence-corrected chi connectivity index (χ1v) is 16.6. The Kier molecular flexibility index (Phi) is 10.2. The van der Waals surface area contributed by atoms with Crippen LogP contribution in [-0.2, 0) is 42.5 Å². The van der Waals surface area contributed by atoms with E-state index in [0.29, 0.717) is 22.5 Å². The van der Waals surface area contributed by atoms with Crippen molar-refractivity contribution < 1.29 is 35.9 Å². The number of benzene rings is 2. The monoisotopic (exact) mass is 642 g/mol. The van der Waals surface area contributed by atoms with Gasteiger partial charge >= 0.3 is 11.9 Å². The van der Waals surface area contributed by atoms with Gasteiger partial charge in [0.25, 0.3) is 0 Å². The second-order valence-electron chi connectivity index (χ2n) is 9.25. The van der Waals surface area contributed by atoms with E-state index in [4.69, 9.17) is 9.47 Å². The van der Waals surface area contributed by atoms with E-state index in [1.807, 2.05) is 0 Å². The van der Waals surface area contributed by atoms with Crippen LogP contribution < -0.4 is 18.9 Å². The molecule has 0 aliphatic heterocycles. The van der Waals surface area contributed by atoms with Crippen molar-refractivity contribution >= 4 is 43.4 Å². The van der Waals surface area contributed by atoms with Gasteiger partial charge in [0.2, 0.25) is 20.0 Å². The van der Waals surface area contributed by atoms with Gasteiger partial charge in [-0.15, -0.1) is 0 Å². The molecule has 0 amide bonds. The Bertz CT molecular complexity index is 1720. The highest BCUT2D eigenvalue weighted by molar-refractivity contribution is 7.92. The van der Waals surface area contributed by atoms with Crippen LogP contribution in [0, 0.1) is 0 Å². The van der Waals surface area contributed by atoms with Crippen LogP contribution in [0.2, 0.25) is 0 Å². The highest BCUT2D eigenvalue weighted by Crippen LogP contribution is 2.33. The van der Waals surface area contributed by atoms with E-state index < -0.39 is 32.0 Å². The number of hydrogen-bond donors (Lipinski definition) is 4. The third kappa shape index (κ3) is 8.78. The van der Waals surface area contributed by atoms with E-state index in [1.54, 1.807) is 36.7 Å². The second kappa shape index (κ2) is 14.0. The fourth-order valence-corrected chi connectivity index (χ4v) is 5.18. The molecule has 4 N–H and O–H groups in total. The highest BCUT2D eigenvalue weighted by Gasteiger charge is 2.20. The maximum Gasteiger partial charge on any atom is 0.336 e. The van der Waals surface area contributed by atoms with Crippen LogP contribution in [0.15, 0.2) is 73.6 Å². The van der Waals surface area contributed by atoms with Crippen LogP contribution in [0.1, 0.15) is 36.4 Å². The molecule has 0 fully saturated rings. The van der Waals surface area contributed by atoms with Crippen LogP contribution >= 0.6 is 0 Å². The van der Waals surface area contributed by atoms with E-state index in [2.05, 4.69) is 29.4 Å². The number of ether oxygens (including phenoxy) is 2. The lowest BCUT2D eigenvalue weighted by Crippen LogP contribution is -2.18. The predicted octanol–water partition coefficient (Wildman–Crippen LogP) is 2.90. The molecule has 2 aromatic heterocycles. The lowest BCUT2D eigenvalue weighted by Gasteiger charge is -2.15. The molecule has 4 aromatic rings. The van der Waals surface area contributed by atoms with Crippen molar-refractivity contribution in [1.82, 2.24) is 19.9 Å². The number of aromatic nitrogens is 4. The Labute approximate surface area is 254 Å². The summed E-state index contributed by atoms with van der Waals surface area (Å²) in [4.78, 5) is 39.7. The molecule has 4 rings (SSSR count). The summed E-state index contributed by atoms with van der Waals surface area (Å²) in [5, 5.41) is 0. The van der Waals surface area contributed by atoms with Gasteiger partial charge in [0.05, 0.1) is 46.9 Å². The van der Waals surface area contributed by atoms with Crippen LogP contribution in [0.4, 0.5) is 11.4 Å². The van der Waals surface area contributed by atoms with Crippen molar-refractivity contribution in [3.8, 4) is 11.5 Å². The number of H-pyrrole nitrogens is 2. The van der Waals surface area contributed by atoms with E-state index in [9.17, 15) is 26.4 Å². The molecule has 14 nitrogen and oxygen atoms in total. The zero-order chi connectivity index (χ0) is 31.7. The lowest BCUT2D eigenvalue weighted by molar-refractivity contribution is -0.131. The predicted molar refractivity (Wildman–Crippen MR) is 162 cm³/mol. The van der Waals surface area contributed by atoms with E-state index in [1.165, 1.54) is 38.6 Å². The first-order valence-electron chi connectivity index (χ1n) is 13.3. The fraction of sp³-hybridized carbons (Fsp3) is 0.214. The lowest BCUT2D eigenvalue weighted by atomic mass is 10.1. The molecular weight excluding hydrogens is 612 g/mol. The summed E-state index contributed by atoms with van der Waals surface area (Å²) in [5.74, 6) is -2.54. The number of anilines is 2. The standard InChI is InChI=1S/C28H30N6O8S2/c1-3-43(37,38)33-23-9-5-7-19(13-21-15-29-17-31-21)27(23)41-25(35)11-12-26(36)42-28-20(14-22-16-30-18-32-22)8-6-10-24(28)34-44(39,40)4-2/h5-12,15-18,33-34H,3-4,13-14H2,1-2H3,(H,29,31)(H,30,32)/b12-11-. The zero-order valence-corrected chi connectivity index (χ0v) is 25.4. The van der Waals surface area contributed by atoms with Crippen LogP contribution in [0.25, 0.3) is 0 Å². The molecule has 44 heavy (non-hydrogen) atoms. The van der Waals surface area contributed by atoms with Crippen molar-refractivity contribution in [1.29, 1.82) is 0 Å². The van der Waals surface area contributed by atoms with Gasteiger partial charge in [0, 0.05) is 48.5 Å². The normalized spacial score (nSPS) is 11.8. The van der Waals surface area contributed by atoms with E-state index in [-0.39, 0.29) is 47.2 Å². The molecule has 2 heterocycles. The van der Waals surface area contributed by atoms with Crippen LogP contribution in [0.3, 0.4) is 0 Å². The van der Waals surface area contributed by atoms with Gasteiger partial charge in [-0.25, -0.2) is 36.4 Å². The molecule has 0 aliphatic rings. The molecule has 0 aliphatic carbocycles. The third-order valence-electron chi connectivity index (χ3n) is 6.10. The number of para-hydroxylation sites is 2. The Morgan fingerprint density at radius 2 is 1.14 bits per heavy atom. The maximum atomic E-state index is 12.9. The molecule has 0 radical (unpaired) electrons. The van der Waals surface area contributed by atoms with Gasteiger partial charge < -0.3 is 19.4 Å². The molecule has 0 saturated carbocycles. The van der Waals surface area contributed by atoms with Gasteiger partial charge in [-0.05, 0) is 26.0 Å². The van der Waals surface area contributed by atoms with E-state index >= 15 is 0 Å². The number of aromatic amines is 2. The Balaban J connectivity index is 1.57. The molecule has 0 unspecified atom stereocenters. The number of nitrogens with one attached hydrogen (secondary N) is 4. The Hall–Kier alpha value is -4.96. The summed E-state index contributed by atoms with van der Waals surface area (Å²) in [6.07, 6.45) is 8.29. The van der Waals surface area contributed by atoms with Crippen LogP contribution in [-0.4, -0.2) is 60.2 Å². The van der Waals surface area contributed by atoms with Crippen molar-refractivity contribution in [3.05, 3.63) is 96.1 Å². The van der Waals surface area contributed by atoms with Crippen molar-refractivity contribution in [2.45, 2.75) is 26.7 Å². The summed E-state index contributed by atoms with van der Waals surface area (Å²) in [7, 11) is -7.45. The van der Waals surface area contributed by atoms with Gasteiger partial charge in [0.1, 0.15) is 0 Å². The Morgan fingerprint density at radius 1 is 0.727 bits per heavy atom. The van der Waals surface area contributed by atoms with Crippen molar-refractivity contribution in [2.75, 3.05) is 20.9 Å². The average molecular weight is 643 g/mol. The number of sulfonamides is 2. The number of esters is 2. The number of rotatable bonds is 14. The summed E-state index contributed by atoms with van der Waals surface area (Å²) in [5.41, 5.74) is 2.20. The molecule has 0 saturated heterocycles. The first-order chi connectivity index (χ1) is 21.0. The molecular formula is C28H30N6O8S2. The zero-order valence-electron chi connectivity index (χ0n) is 23.7. The molecule has 2 aromatic carbocycles. The molecule has 0 spiro atoms. The highest BCUT2D eigenvalue weighted by atomic mass is 32.2. The van der Waals surface area contributed by atoms with Crippen molar-refractivity contribution in [2.24, 2.45) is 0 Å². The maximum absolute atomic E-state index is 12.9. The topological polar surface area (TPSA) is 202 Å². The molecule has 0 bridgehead atoms. The molecule has 232 valence electrons. The second-order valence-corrected chi connectivity index (χ2v) is 13.3. The van der Waals surface area contributed by atoms with Crippen molar-refractivity contribution in [3.63, 3.8) is 0 Å².